The summed E-state index contributed by atoms with van der Waals surface area (Å²) in [7, 11) is 0. The molecule has 1 aliphatic rings. The summed E-state index contributed by atoms with van der Waals surface area (Å²) in [5.74, 6) is 0.792. The highest BCUT2D eigenvalue weighted by Gasteiger charge is 2.19. The minimum atomic E-state index is -0.173. The maximum atomic E-state index is 12.3. The standard InChI is InChI=1S/C19H22N6O2S/c26-17-7-3-9-25(17)10-4-8-20-19-22-11-15(28-19)18(27)21-12-16-23-13-5-1-2-6-14(13)24-16/h1-2,5-6,11H,3-4,7-10,12H2,(H,20,22)(H,21,27)(H,23,24). The number of aromatic amines is 1. The van der Waals surface area contributed by atoms with Crippen molar-refractivity contribution in [3.05, 3.63) is 41.2 Å². The van der Waals surface area contributed by atoms with Gasteiger partial charge >= 0.3 is 0 Å². The average molecular weight is 398 g/mol. The number of para-hydroxylation sites is 2. The Morgan fingerprint density at radius 2 is 2.21 bits per heavy atom. The summed E-state index contributed by atoms with van der Waals surface area (Å²) in [6.45, 7) is 2.68. The molecular weight excluding hydrogens is 376 g/mol. The van der Waals surface area contributed by atoms with Crippen molar-refractivity contribution in [2.75, 3.05) is 25.0 Å². The van der Waals surface area contributed by atoms with Gasteiger partial charge in [0.25, 0.3) is 5.91 Å². The van der Waals surface area contributed by atoms with Crippen LogP contribution in [0.4, 0.5) is 5.13 Å². The molecule has 0 spiro atoms. The molecule has 0 radical (unpaired) electrons. The first-order valence-corrected chi connectivity index (χ1v) is 10.2. The summed E-state index contributed by atoms with van der Waals surface area (Å²) in [6, 6.07) is 7.75. The number of carbonyl (C=O) groups is 2. The molecule has 2 amide bonds. The minimum absolute atomic E-state index is 0.173. The van der Waals surface area contributed by atoms with Gasteiger partial charge in [-0.3, -0.25) is 9.59 Å². The molecule has 1 fully saturated rings. The lowest BCUT2D eigenvalue weighted by molar-refractivity contribution is -0.127. The molecule has 8 nitrogen and oxygen atoms in total. The Morgan fingerprint density at radius 1 is 1.32 bits per heavy atom. The maximum absolute atomic E-state index is 12.3. The number of carbonyl (C=O) groups excluding carboxylic acids is 2. The van der Waals surface area contributed by atoms with E-state index in [0.717, 1.165) is 43.5 Å². The van der Waals surface area contributed by atoms with Gasteiger partial charge in [0.05, 0.1) is 23.8 Å². The van der Waals surface area contributed by atoms with Crippen LogP contribution in [0.5, 0.6) is 0 Å². The minimum Gasteiger partial charge on any atom is -0.361 e. The second-order valence-corrected chi connectivity index (χ2v) is 7.71. The van der Waals surface area contributed by atoms with E-state index in [2.05, 4.69) is 25.6 Å². The smallest absolute Gasteiger partial charge is 0.263 e. The number of hydrogen-bond donors (Lipinski definition) is 3. The Balaban J connectivity index is 1.22. The van der Waals surface area contributed by atoms with Crippen LogP contribution >= 0.6 is 11.3 Å². The molecule has 28 heavy (non-hydrogen) atoms. The fourth-order valence-corrected chi connectivity index (χ4v) is 3.97. The predicted molar refractivity (Wildman–Crippen MR) is 108 cm³/mol. The molecule has 4 rings (SSSR count). The van der Waals surface area contributed by atoms with E-state index < -0.39 is 0 Å². The molecule has 1 saturated heterocycles. The lowest BCUT2D eigenvalue weighted by Gasteiger charge is -2.14. The van der Waals surface area contributed by atoms with Gasteiger partial charge in [-0.1, -0.05) is 23.5 Å². The second-order valence-electron chi connectivity index (χ2n) is 6.68. The molecule has 0 bridgehead atoms. The number of thiazole rings is 1. The van der Waals surface area contributed by atoms with Gasteiger partial charge in [0, 0.05) is 26.1 Å². The lowest BCUT2D eigenvalue weighted by Crippen LogP contribution is -2.26. The number of hydrogen-bond acceptors (Lipinski definition) is 6. The first-order valence-electron chi connectivity index (χ1n) is 9.38. The van der Waals surface area contributed by atoms with Crippen molar-refractivity contribution in [3.8, 4) is 0 Å². The third kappa shape index (κ3) is 4.30. The Labute approximate surface area is 166 Å². The average Bonchev–Trinajstić information content (AvgIpc) is 3.43. The van der Waals surface area contributed by atoms with Crippen LogP contribution in [0.15, 0.2) is 30.5 Å². The van der Waals surface area contributed by atoms with Crippen molar-refractivity contribution in [2.24, 2.45) is 0 Å². The van der Waals surface area contributed by atoms with Crippen LogP contribution in [0.25, 0.3) is 11.0 Å². The summed E-state index contributed by atoms with van der Waals surface area (Å²) in [6.07, 6.45) is 4.07. The summed E-state index contributed by atoms with van der Waals surface area (Å²) in [4.78, 5) is 38.3. The van der Waals surface area contributed by atoms with E-state index in [1.54, 1.807) is 6.20 Å². The molecule has 1 aliphatic heterocycles. The largest absolute Gasteiger partial charge is 0.361 e. The molecule has 1 aromatic carbocycles. The number of likely N-dealkylation sites (tertiary alicyclic amines) is 1. The van der Waals surface area contributed by atoms with Crippen LogP contribution < -0.4 is 10.6 Å². The van der Waals surface area contributed by atoms with E-state index in [4.69, 9.17) is 0 Å². The van der Waals surface area contributed by atoms with Crippen LogP contribution in [0.2, 0.25) is 0 Å². The molecular formula is C19H22N6O2S. The molecule has 3 N–H and O–H groups in total. The highest BCUT2D eigenvalue weighted by molar-refractivity contribution is 7.17. The quantitative estimate of drug-likeness (QED) is 0.506. The van der Waals surface area contributed by atoms with Crippen molar-refractivity contribution in [3.63, 3.8) is 0 Å². The van der Waals surface area contributed by atoms with Gasteiger partial charge in [0.15, 0.2) is 5.13 Å². The van der Waals surface area contributed by atoms with E-state index >= 15 is 0 Å². The van der Waals surface area contributed by atoms with Crippen LogP contribution in [0, 0.1) is 0 Å². The van der Waals surface area contributed by atoms with E-state index in [0.29, 0.717) is 28.8 Å². The number of aromatic nitrogens is 3. The van der Waals surface area contributed by atoms with Crippen LogP contribution in [-0.2, 0) is 11.3 Å². The number of anilines is 1. The van der Waals surface area contributed by atoms with Crippen LogP contribution in [0.1, 0.15) is 34.8 Å². The van der Waals surface area contributed by atoms with Crippen LogP contribution in [-0.4, -0.2) is 51.3 Å². The summed E-state index contributed by atoms with van der Waals surface area (Å²) in [5, 5.41) is 6.80. The summed E-state index contributed by atoms with van der Waals surface area (Å²) >= 11 is 1.32. The Bertz CT molecular complexity index is 949. The Morgan fingerprint density at radius 3 is 3.04 bits per heavy atom. The van der Waals surface area contributed by atoms with Gasteiger partial charge in [-0.25, -0.2) is 9.97 Å². The number of nitrogens with zero attached hydrogens (tertiary/aromatic N) is 3. The van der Waals surface area contributed by atoms with Gasteiger partial charge in [-0.2, -0.15) is 0 Å². The molecule has 3 aromatic rings. The number of benzene rings is 1. The zero-order valence-electron chi connectivity index (χ0n) is 15.4. The van der Waals surface area contributed by atoms with Crippen molar-refractivity contribution < 1.29 is 9.59 Å². The highest BCUT2D eigenvalue weighted by atomic mass is 32.1. The predicted octanol–water partition coefficient (Wildman–Crippen LogP) is 2.37. The Kier molecular flexibility index (Phi) is 5.52. The monoisotopic (exact) mass is 398 g/mol. The van der Waals surface area contributed by atoms with Gasteiger partial charge in [0.1, 0.15) is 10.7 Å². The zero-order valence-corrected chi connectivity index (χ0v) is 16.2. The molecule has 3 heterocycles. The van der Waals surface area contributed by atoms with E-state index in [1.165, 1.54) is 11.3 Å². The first-order chi connectivity index (χ1) is 13.7. The molecule has 146 valence electrons. The Hall–Kier alpha value is -2.94. The number of imidazole rings is 1. The highest BCUT2D eigenvalue weighted by Crippen LogP contribution is 2.18. The normalized spacial score (nSPS) is 14.0. The van der Waals surface area contributed by atoms with Crippen molar-refractivity contribution in [1.29, 1.82) is 0 Å². The fourth-order valence-electron chi connectivity index (χ4n) is 3.21. The summed E-state index contributed by atoms with van der Waals surface area (Å²) in [5.41, 5.74) is 1.83. The molecule has 0 aliphatic carbocycles. The molecule has 2 aromatic heterocycles. The van der Waals surface area contributed by atoms with E-state index in [-0.39, 0.29) is 11.8 Å². The summed E-state index contributed by atoms with van der Waals surface area (Å²) < 4.78 is 0. The van der Waals surface area contributed by atoms with Gasteiger partial charge in [-0.05, 0) is 25.0 Å². The number of H-pyrrole nitrogens is 1. The SMILES string of the molecule is O=C(NCc1nc2ccccc2[nH]1)c1cnc(NCCCN2CCCC2=O)s1. The molecule has 0 atom stereocenters. The maximum Gasteiger partial charge on any atom is 0.263 e. The van der Waals surface area contributed by atoms with Gasteiger partial charge in [-0.15, -0.1) is 0 Å². The fraction of sp³-hybridized carbons (Fsp3) is 0.368. The number of nitrogens with one attached hydrogen (secondary N) is 3. The van der Waals surface area contributed by atoms with Crippen molar-refractivity contribution in [1.82, 2.24) is 25.2 Å². The van der Waals surface area contributed by atoms with Crippen molar-refractivity contribution >= 4 is 39.3 Å². The topological polar surface area (TPSA) is 103 Å². The molecule has 0 unspecified atom stereocenters. The number of amides is 2. The van der Waals surface area contributed by atoms with Crippen molar-refractivity contribution in [2.45, 2.75) is 25.8 Å². The molecule has 9 heteroatoms. The lowest BCUT2D eigenvalue weighted by atomic mass is 10.3. The van der Waals surface area contributed by atoms with Gasteiger partial charge < -0.3 is 20.5 Å². The first kappa shape index (κ1) is 18.4. The second kappa shape index (κ2) is 8.39. The van der Waals surface area contributed by atoms with Gasteiger partial charge in [0.2, 0.25) is 5.91 Å². The molecule has 0 saturated carbocycles. The third-order valence-corrected chi connectivity index (χ3v) is 5.59. The van der Waals surface area contributed by atoms with Crippen LogP contribution in [0.3, 0.4) is 0 Å². The number of rotatable bonds is 8. The van der Waals surface area contributed by atoms with E-state index in [1.807, 2.05) is 29.2 Å². The number of fused-ring (bicyclic) bond motifs is 1. The van der Waals surface area contributed by atoms with E-state index in [9.17, 15) is 9.59 Å². The zero-order chi connectivity index (χ0) is 19.3. The third-order valence-electron chi connectivity index (χ3n) is 4.64.